The number of halogens is 1. The monoisotopic (exact) mass is 273 g/mol. The molecule has 0 spiro atoms. The zero-order chi connectivity index (χ0) is 14.7. The fourth-order valence-corrected chi connectivity index (χ4v) is 2.09. The molecule has 0 amide bonds. The molecule has 20 heavy (non-hydrogen) atoms. The summed E-state index contributed by atoms with van der Waals surface area (Å²) in [4.78, 5) is 0. The van der Waals surface area contributed by atoms with E-state index in [4.69, 9.17) is 10.5 Å². The summed E-state index contributed by atoms with van der Waals surface area (Å²) in [6.07, 6.45) is 0.451. The molecule has 2 aromatic carbocycles. The van der Waals surface area contributed by atoms with Gasteiger partial charge in [0.2, 0.25) is 0 Å². The van der Waals surface area contributed by atoms with E-state index >= 15 is 0 Å². The molecule has 0 aliphatic carbocycles. The molecule has 3 heteroatoms. The maximum absolute atomic E-state index is 14.0. The van der Waals surface area contributed by atoms with E-state index < -0.39 is 0 Å². The Morgan fingerprint density at radius 3 is 2.60 bits per heavy atom. The minimum atomic E-state index is -0.273. The third kappa shape index (κ3) is 3.36. The highest BCUT2D eigenvalue weighted by atomic mass is 19.1. The molecule has 2 N–H and O–H groups in total. The van der Waals surface area contributed by atoms with Crippen molar-refractivity contribution < 1.29 is 9.13 Å². The SMILES string of the molecule is Cc1ccc(C)c(Oc2cccc(F)c2CC(C)N)c1. The first kappa shape index (κ1) is 14.5. The lowest BCUT2D eigenvalue weighted by atomic mass is 10.1. The lowest BCUT2D eigenvalue weighted by molar-refractivity contribution is 0.460. The van der Waals surface area contributed by atoms with Crippen LogP contribution in [0.3, 0.4) is 0 Å². The third-order valence-electron chi connectivity index (χ3n) is 3.17. The van der Waals surface area contributed by atoms with Crippen LogP contribution in [0.4, 0.5) is 4.39 Å². The molecule has 1 unspecified atom stereocenters. The lowest BCUT2D eigenvalue weighted by Crippen LogP contribution is -2.19. The van der Waals surface area contributed by atoms with Crippen molar-refractivity contribution in [2.75, 3.05) is 0 Å². The van der Waals surface area contributed by atoms with Crippen molar-refractivity contribution in [1.29, 1.82) is 0 Å². The number of ether oxygens (including phenoxy) is 1. The van der Waals surface area contributed by atoms with Gasteiger partial charge in [-0.05, 0) is 56.5 Å². The van der Waals surface area contributed by atoms with Gasteiger partial charge in [-0.3, -0.25) is 0 Å². The standard InChI is InChI=1S/C17H20FNO/c1-11-7-8-12(2)17(9-11)20-16-6-4-5-15(18)14(16)10-13(3)19/h4-9,13H,10,19H2,1-3H3. The quantitative estimate of drug-likeness (QED) is 0.909. The Kier molecular flexibility index (Phi) is 4.40. The van der Waals surface area contributed by atoms with E-state index in [0.29, 0.717) is 17.7 Å². The smallest absolute Gasteiger partial charge is 0.133 e. The number of rotatable bonds is 4. The molecule has 2 aromatic rings. The molecular formula is C17H20FNO. The van der Waals surface area contributed by atoms with Crippen LogP contribution in [0.1, 0.15) is 23.6 Å². The van der Waals surface area contributed by atoms with Gasteiger partial charge in [-0.2, -0.15) is 0 Å². The second-order valence-corrected chi connectivity index (χ2v) is 5.27. The molecule has 1 atom stereocenters. The topological polar surface area (TPSA) is 35.2 Å². The van der Waals surface area contributed by atoms with E-state index in [-0.39, 0.29) is 11.9 Å². The summed E-state index contributed by atoms with van der Waals surface area (Å²) in [7, 11) is 0. The van der Waals surface area contributed by atoms with Crippen molar-refractivity contribution in [3.05, 3.63) is 58.9 Å². The molecule has 106 valence electrons. The van der Waals surface area contributed by atoms with Gasteiger partial charge in [0.05, 0.1) is 0 Å². The molecule has 0 bridgehead atoms. The van der Waals surface area contributed by atoms with Crippen LogP contribution < -0.4 is 10.5 Å². The summed E-state index contributed by atoms with van der Waals surface area (Å²) in [6, 6.07) is 10.7. The van der Waals surface area contributed by atoms with E-state index in [0.717, 1.165) is 16.9 Å². The number of hydrogen-bond donors (Lipinski definition) is 1. The number of aryl methyl sites for hydroxylation is 2. The van der Waals surface area contributed by atoms with Crippen LogP contribution in [-0.4, -0.2) is 6.04 Å². The van der Waals surface area contributed by atoms with Gasteiger partial charge >= 0.3 is 0 Å². The number of benzene rings is 2. The van der Waals surface area contributed by atoms with Gasteiger partial charge in [0, 0.05) is 11.6 Å². The molecule has 0 aliphatic heterocycles. The Hall–Kier alpha value is -1.87. The van der Waals surface area contributed by atoms with Crippen molar-refractivity contribution >= 4 is 0 Å². The molecule has 2 nitrogen and oxygen atoms in total. The second-order valence-electron chi connectivity index (χ2n) is 5.27. The highest BCUT2D eigenvalue weighted by molar-refractivity contribution is 5.43. The molecule has 0 saturated carbocycles. The fraction of sp³-hybridized carbons (Fsp3) is 0.294. The normalized spacial score (nSPS) is 12.2. The summed E-state index contributed by atoms with van der Waals surface area (Å²) in [5, 5.41) is 0. The van der Waals surface area contributed by atoms with Crippen LogP contribution in [0.5, 0.6) is 11.5 Å². The van der Waals surface area contributed by atoms with Crippen molar-refractivity contribution in [1.82, 2.24) is 0 Å². The summed E-state index contributed by atoms with van der Waals surface area (Å²) < 4.78 is 19.9. The molecule has 0 radical (unpaired) electrons. The van der Waals surface area contributed by atoms with E-state index in [1.807, 2.05) is 39.0 Å². The maximum atomic E-state index is 14.0. The van der Waals surface area contributed by atoms with Crippen LogP contribution in [0.25, 0.3) is 0 Å². The summed E-state index contributed by atoms with van der Waals surface area (Å²) in [5.41, 5.74) is 8.45. The fourth-order valence-electron chi connectivity index (χ4n) is 2.09. The molecule has 0 heterocycles. The summed E-state index contributed by atoms with van der Waals surface area (Å²) in [5.74, 6) is 1.02. The van der Waals surface area contributed by atoms with Crippen LogP contribution in [0.2, 0.25) is 0 Å². The Morgan fingerprint density at radius 1 is 1.15 bits per heavy atom. The van der Waals surface area contributed by atoms with Crippen LogP contribution in [0.15, 0.2) is 36.4 Å². The van der Waals surface area contributed by atoms with E-state index in [9.17, 15) is 4.39 Å². The van der Waals surface area contributed by atoms with Gasteiger partial charge < -0.3 is 10.5 Å². The summed E-state index contributed by atoms with van der Waals surface area (Å²) in [6.45, 7) is 5.83. The third-order valence-corrected chi connectivity index (χ3v) is 3.17. The minimum Gasteiger partial charge on any atom is -0.457 e. The Balaban J connectivity index is 2.38. The zero-order valence-corrected chi connectivity index (χ0v) is 12.1. The van der Waals surface area contributed by atoms with Gasteiger partial charge in [0.25, 0.3) is 0 Å². The van der Waals surface area contributed by atoms with Crippen molar-refractivity contribution in [3.8, 4) is 11.5 Å². The highest BCUT2D eigenvalue weighted by Gasteiger charge is 2.13. The van der Waals surface area contributed by atoms with Crippen LogP contribution in [0, 0.1) is 19.7 Å². The first-order valence-corrected chi connectivity index (χ1v) is 6.75. The molecule has 0 fully saturated rings. The second kappa shape index (κ2) is 6.06. The van der Waals surface area contributed by atoms with E-state index in [1.54, 1.807) is 12.1 Å². The van der Waals surface area contributed by atoms with Crippen molar-refractivity contribution in [2.45, 2.75) is 33.2 Å². The van der Waals surface area contributed by atoms with Crippen LogP contribution in [-0.2, 0) is 6.42 Å². The predicted octanol–water partition coefficient (Wildman–Crippen LogP) is 4.12. The van der Waals surface area contributed by atoms with Gasteiger partial charge in [-0.1, -0.05) is 18.2 Å². The average Bonchev–Trinajstić information content (AvgIpc) is 2.37. The first-order chi connectivity index (χ1) is 9.47. The number of hydrogen-bond acceptors (Lipinski definition) is 2. The Labute approximate surface area is 119 Å². The lowest BCUT2D eigenvalue weighted by Gasteiger charge is -2.15. The largest absolute Gasteiger partial charge is 0.457 e. The molecule has 0 aromatic heterocycles. The van der Waals surface area contributed by atoms with Gasteiger partial charge in [0.15, 0.2) is 0 Å². The minimum absolute atomic E-state index is 0.118. The Morgan fingerprint density at radius 2 is 1.90 bits per heavy atom. The Bertz CT molecular complexity index is 608. The van der Waals surface area contributed by atoms with Gasteiger partial charge in [-0.15, -0.1) is 0 Å². The van der Waals surface area contributed by atoms with Crippen LogP contribution >= 0.6 is 0 Å². The zero-order valence-electron chi connectivity index (χ0n) is 12.1. The molecular weight excluding hydrogens is 253 g/mol. The molecule has 0 saturated heterocycles. The number of nitrogens with two attached hydrogens (primary N) is 1. The van der Waals surface area contributed by atoms with Crippen molar-refractivity contribution in [2.24, 2.45) is 5.73 Å². The highest BCUT2D eigenvalue weighted by Crippen LogP contribution is 2.30. The van der Waals surface area contributed by atoms with Crippen molar-refractivity contribution in [3.63, 3.8) is 0 Å². The molecule has 0 aliphatic rings. The summed E-state index contributed by atoms with van der Waals surface area (Å²) >= 11 is 0. The predicted molar refractivity (Wildman–Crippen MR) is 79.7 cm³/mol. The maximum Gasteiger partial charge on any atom is 0.133 e. The van der Waals surface area contributed by atoms with Gasteiger partial charge in [0.1, 0.15) is 17.3 Å². The average molecular weight is 273 g/mol. The molecule has 2 rings (SSSR count). The van der Waals surface area contributed by atoms with Gasteiger partial charge in [-0.25, -0.2) is 4.39 Å². The van der Waals surface area contributed by atoms with E-state index in [1.165, 1.54) is 6.07 Å². The van der Waals surface area contributed by atoms with E-state index in [2.05, 4.69) is 0 Å². The first-order valence-electron chi connectivity index (χ1n) is 6.75.